The molecule has 1 aliphatic rings. The van der Waals surface area contributed by atoms with Gasteiger partial charge in [0.2, 0.25) is 0 Å². The minimum atomic E-state index is 0. The molecule has 1 heterocycles. The summed E-state index contributed by atoms with van der Waals surface area (Å²) in [6.07, 6.45) is 2.48. The number of rotatable bonds is 4. The van der Waals surface area contributed by atoms with Gasteiger partial charge in [-0.05, 0) is 6.08 Å². The molecule has 1 unspecified atom stereocenters. The summed E-state index contributed by atoms with van der Waals surface area (Å²) in [4.78, 5) is 0. The Hall–Kier alpha value is -0.0500. The number of epoxide rings is 1. The van der Waals surface area contributed by atoms with Gasteiger partial charge in [0.05, 0.1) is 27.2 Å². The molecule has 0 aliphatic carbocycles. The van der Waals surface area contributed by atoms with Gasteiger partial charge in [-0.2, -0.15) is 0 Å². The second-order valence-electron chi connectivity index (χ2n) is 3.54. The summed E-state index contributed by atoms with van der Waals surface area (Å²) in [5, 5.41) is 0. The lowest BCUT2D eigenvalue weighted by Gasteiger charge is -2.27. The van der Waals surface area contributed by atoms with Crippen LogP contribution in [0.4, 0.5) is 0 Å². The van der Waals surface area contributed by atoms with E-state index in [1.54, 1.807) is 0 Å². The Morgan fingerprint density at radius 1 is 1.64 bits per heavy atom. The predicted octanol–water partition coefficient (Wildman–Crippen LogP) is -2.35. The minimum Gasteiger partial charge on any atom is -1.00 e. The van der Waals surface area contributed by atoms with Crippen molar-refractivity contribution in [2.45, 2.75) is 6.10 Å². The van der Waals surface area contributed by atoms with Gasteiger partial charge in [-0.15, -0.1) is 0 Å². The van der Waals surface area contributed by atoms with Crippen LogP contribution in [-0.2, 0) is 4.74 Å². The minimum absolute atomic E-state index is 0. The molecule has 0 spiro atoms. The second kappa shape index (κ2) is 4.10. The number of hydrogen-bond donors (Lipinski definition) is 0. The first-order valence-electron chi connectivity index (χ1n) is 3.68. The van der Waals surface area contributed by atoms with Crippen LogP contribution in [0, 0.1) is 0 Å². The zero-order valence-electron chi connectivity index (χ0n) is 7.22. The Morgan fingerprint density at radius 3 is 2.55 bits per heavy atom. The summed E-state index contributed by atoms with van der Waals surface area (Å²) in [7, 11) is 4.40. The highest BCUT2D eigenvalue weighted by Gasteiger charge is 2.30. The van der Waals surface area contributed by atoms with Crippen LogP contribution in [0.2, 0.25) is 0 Å². The van der Waals surface area contributed by atoms with E-state index in [-0.39, 0.29) is 12.4 Å². The third-order valence-electron chi connectivity index (χ3n) is 1.72. The summed E-state index contributed by atoms with van der Waals surface area (Å²) >= 11 is 0. The fourth-order valence-corrected chi connectivity index (χ4v) is 1.15. The number of quaternary nitrogens is 1. The highest BCUT2D eigenvalue weighted by Crippen LogP contribution is 2.13. The van der Waals surface area contributed by atoms with Crippen molar-refractivity contribution in [2.24, 2.45) is 0 Å². The van der Waals surface area contributed by atoms with Crippen LogP contribution in [0.15, 0.2) is 12.7 Å². The van der Waals surface area contributed by atoms with Crippen molar-refractivity contribution >= 4 is 0 Å². The molecule has 2 nitrogen and oxygen atoms in total. The maximum Gasteiger partial charge on any atom is 0.130 e. The van der Waals surface area contributed by atoms with Gasteiger partial charge in [0.15, 0.2) is 0 Å². The van der Waals surface area contributed by atoms with Crippen molar-refractivity contribution in [3.05, 3.63) is 12.7 Å². The summed E-state index contributed by atoms with van der Waals surface area (Å²) < 4.78 is 6.13. The van der Waals surface area contributed by atoms with Crippen LogP contribution in [0.5, 0.6) is 0 Å². The molecule has 1 fully saturated rings. The van der Waals surface area contributed by atoms with Crippen LogP contribution in [0.1, 0.15) is 0 Å². The maximum atomic E-state index is 5.14. The first-order chi connectivity index (χ1) is 4.64. The summed E-state index contributed by atoms with van der Waals surface area (Å²) in [5.41, 5.74) is 0. The van der Waals surface area contributed by atoms with E-state index >= 15 is 0 Å². The largest absolute Gasteiger partial charge is 1.00 e. The lowest BCUT2D eigenvalue weighted by atomic mass is 10.3. The third kappa shape index (κ3) is 4.40. The molecule has 66 valence electrons. The standard InChI is InChI=1S/C8H16NO.ClH/c1-4-5-9(2,3)6-8-7-10-8;/h4,8H,1,5-7H2,2-3H3;1H/q+1;/p-1. The molecule has 0 amide bonds. The van der Waals surface area contributed by atoms with E-state index in [0.717, 1.165) is 24.2 Å². The maximum absolute atomic E-state index is 5.14. The molecule has 0 saturated carbocycles. The van der Waals surface area contributed by atoms with Gasteiger partial charge in [0, 0.05) is 0 Å². The van der Waals surface area contributed by atoms with E-state index in [9.17, 15) is 0 Å². The smallest absolute Gasteiger partial charge is 0.130 e. The highest BCUT2D eigenvalue weighted by atomic mass is 35.5. The first-order valence-corrected chi connectivity index (χ1v) is 3.68. The average Bonchev–Trinajstić information content (AvgIpc) is 2.48. The second-order valence-corrected chi connectivity index (χ2v) is 3.54. The van der Waals surface area contributed by atoms with Gasteiger partial charge in [-0.3, -0.25) is 0 Å². The lowest BCUT2D eigenvalue weighted by molar-refractivity contribution is -0.884. The quantitative estimate of drug-likeness (QED) is 0.266. The van der Waals surface area contributed by atoms with Gasteiger partial charge in [-0.25, -0.2) is 0 Å². The summed E-state index contributed by atoms with van der Waals surface area (Å²) in [5.74, 6) is 0. The van der Waals surface area contributed by atoms with Gasteiger partial charge in [0.25, 0.3) is 0 Å². The Balaban J connectivity index is 0.000001000. The monoisotopic (exact) mass is 177 g/mol. The van der Waals surface area contributed by atoms with E-state index in [4.69, 9.17) is 4.74 Å². The van der Waals surface area contributed by atoms with E-state index in [2.05, 4.69) is 20.7 Å². The Labute approximate surface area is 74.8 Å². The highest BCUT2D eigenvalue weighted by molar-refractivity contribution is 4.70. The zero-order valence-corrected chi connectivity index (χ0v) is 7.97. The fourth-order valence-electron chi connectivity index (χ4n) is 1.15. The Kier molecular flexibility index (Phi) is 4.08. The number of likely N-dealkylation sites (N-methyl/N-ethyl adjacent to an activating group) is 1. The lowest BCUT2D eigenvalue weighted by Crippen LogP contribution is -3.00. The van der Waals surface area contributed by atoms with Crippen molar-refractivity contribution in [3.63, 3.8) is 0 Å². The predicted molar refractivity (Wildman–Crippen MR) is 41.8 cm³/mol. The van der Waals surface area contributed by atoms with E-state index in [0.29, 0.717) is 6.10 Å². The topological polar surface area (TPSA) is 12.5 Å². The van der Waals surface area contributed by atoms with E-state index in [1.807, 2.05) is 6.08 Å². The fraction of sp³-hybridized carbons (Fsp3) is 0.750. The molecule has 1 saturated heterocycles. The molecule has 0 aromatic rings. The van der Waals surface area contributed by atoms with Crippen LogP contribution in [0.25, 0.3) is 0 Å². The molecule has 1 aliphatic heterocycles. The van der Waals surface area contributed by atoms with Crippen molar-refractivity contribution in [2.75, 3.05) is 33.8 Å². The van der Waals surface area contributed by atoms with Crippen LogP contribution < -0.4 is 12.4 Å². The summed E-state index contributed by atoms with van der Waals surface area (Å²) in [6, 6.07) is 0. The Bertz CT molecular complexity index is 132. The molecule has 11 heavy (non-hydrogen) atoms. The molecule has 0 aromatic carbocycles. The summed E-state index contributed by atoms with van der Waals surface area (Å²) in [6.45, 7) is 6.82. The SMILES string of the molecule is C=CC[N+](C)(C)CC1CO1.[Cl-]. The Morgan fingerprint density at radius 2 is 2.18 bits per heavy atom. The zero-order chi connectivity index (χ0) is 7.61. The van der Waals surface area contributed by atoms with Gasteiger partial charge in [-0.1, -0.05) is 6.58 Å². The number of halogens is 1. The van der Waals surface area contributed by atoms with Crippen LogP contribution in [0.3, 0.4) is 0 Å². The van der Waals surface area contributed by atoms with Crippen molar-refractivity contribution in [1.29, 1.82) is 0 Å². The van der Waals surface area contributed by atoms with E-state index < -0.39 is 0 Å². The molecular weight excluding hydrogens is 162 g/mol. The van der Waals surface area contributed by atoms with Crippen LogP contribution in [-0.4, -0.2) is 44.4 Å². The third-order valence-corrected chi connectivity index (χ3v) is 1.72. The van der Waals surface area contributed by atoms with Gasteiger partial charge in [0.1, 0.15) is 12.6 Å². The molecule has 1 atom stereocenters. The average molecular weight is 178 g/mol. The molecule has 1 rings (SSSR count). The van der Waals surface area contributed by atoms with Crippen molar-refractivity contribution in [3.8, 4) is 0 Å². The van der Waals surface area contributed by atoms with Crippen LogP contribution >= 0.6 is 0 Å². The molecular formula is C8H16ClNO. The van der Waals surface area contributed by atoms with Gasteiger partial charge >= 0.3 is 0 Å². The normalized spacial score (nSPS) is 22.2. The molecule has 0 radical (unpaired) electrons. The van der Waals surface area contributed by atoms with Crippen molar-refractivity contribution in [1.82, 2.24) is 0 Å². The first kappa shape index (κ1) is 11.0. The molecule has 3 heteroatoms. The number of ether oxygens (including phenoxy) is 1. The molecule has 0 N–H and O–H groups in total. The van der Waals surface area contributed by atoms with E-state index in [1.165, 1.54) is 0 Å². The number of hydrogen-bond acceptors (Lipinski definition) is 1. The molecule has 0 aromatic heterocycles. The molecule has 0 bridgehead atoms. The van der Waals surface area contributed by atoms with Gasteiger partial charge < -0.3 is 21.6 Å². The number of nitrogens with zero attached hydrogens (tertiary/aromatic N) is 1. The van der Waals surface area contributed by atoms with Crippen molar-refractivity contribution < 1.29 is 21.6 Å².